The van der Waals surface area contributed by atoms with Gasteiger partial charge >= 0.3 is 0 Å². The van der Waals surface area contributed by atoms with Gasteiger partial charge in [-0.1, -0.05) is 35.9 Å². The molecule has 1 unspecified atom stereocenters. The first-order chi connectivity index (χ1) is 12.8. The zero-order valence-corrected chi connectivity index (χ0v) is 14.9. The van der Waals surface area contributed by atoms with Crippen LogP contribution in [0.3, 0.4) is 0 Å². The molecule has 3 aromatic rings. The van der Waals surface area contributed by atoms with Crippen LogP contribution in [0.1, 0.15) is 18.4 Å². The third kappa shape index (κ3) is 3.89. The lowest BCUT2D eigenvalue weighted by Crippen LogP contribution is -2.38. The Hall–Kier alpha value is -2.79. The summed E-state index contributed by atoms with van der Waals surface area (Å²) in [6.07, 6.45) is 4.12. The van der Waals surface area contributed by atoms with Crippen LogP contribution in [0.15, 0.2) is 54.7 Å². The SMILES string of the molecule is Cc1ccc(-c2nc(NC3CCCNC3)cc(-c3ccccn3)n2)cc1. The molecule has 1 aliphatic rings. The highest BCUT2D eigenvalue weighted by molar-refractivity contribution is 5.65. The van der Waals surface area contributed by atoms with Gasteiger partial charge in [-0.2, -0.15) is 0 Å². The van der Waals surface area contributed by atoms with E-state index in [2.05, 4.69) is 46.8 Å². The van der Waals surface area contributed by atoms with Gasteiger partial charge in [0, 0.05) is 30.4 Å². The van der Waals surface area contributed by atoms with Crippen LogP contribution in [0.2, 0.25) is 0 Å². The minimum Gasteiger partial charge on any atom is -0.366 e. The number of nitrogens with one attached hydrogen (secondary N) is 2. The number of aryl methyl sites for hydroxylation is 1. The van der Waals surface area contributed by atoms with Crippen LogP contribution in [0.25, 0.3) is 22.8 Å². The molecular formula is C21H23N5. The summed E-state index contributed by atoms with van der Waals surface area (Å²) in [5.41, 5.74) is 3.93. The van der Waals surface area contributed by atoms with Gasteiger partial charge < -0.3 is 10.6 Å². The molecule has 0 aliphatic carbocycles. The molecule has 5 heteroatoms. The molecule has 1 fully saturated rings. The monoisotopic (exact) mass is 345 g/mol. The van der Waals surface area contributed by atoms with Crippen LogP contribution in [0.5, 0.6) is 0 Å². The van der Waals surface area contributed by atoms with Gasteiger partial charge in [-0.3, -0.25) is 4.98 Å². The molecule has 4 rings (SSSR count). The van der Waals surface area contributed by atoms with Crippen molar-refractivity contribution < 1.29 is 0 Å². The standard InChI is InChI=1S/C21H23N5/c1-15-7-9-16(10-8-15)21-25-19(18-6-2-3-12-23-18)13-20(26-21)24-17-5-4-11-22-14-17/h2-3,6-10,12-13,17,22H,4-5,11,14H2,1H3,(H,24,25,26). The number of hydrogen-bond donors (Lipinski definition) is 2. The summed E-state index contributed by atoms with van der Waals surface area (Å²) in [6.45, 7) is 4.14. The lowest BCUT2D eigenvalue weighted by molar-refractivity contribution is 0.479. The quantitative estimate of drug-likeness (QED) is 0.755. The first kappa shape index (κ1) is 16.7. The van der Waals surface area contributed by atoms with Crippen molar-refractivity contribution >= 4 is 5.82 Å². The molecule has 1 saturated heterocycles. The van der Waals surface area contributed by atoms with Gasteiger partial charge in [-0.25, -0.2) is 9.97 Å². The Labute approximate surface area is 153 Å². The van der Waals surface area contributed by atoms with E-state index >= 15 is 0 Å². The summed E-state index contributed by atoms with van der Waals surface area (Å²) in [7, 11) is 0. The maximum Gasteiger partial charge on any atom is 0.162 e. The molecule has 2 aromatic heterocycles. The highest BCUT2D eigenvalue weighted by Gasteiger charge is 2.15. The van der Waals surface area contributed by atoms with E-state index in [-0.39, 0.29) is 0 Å². The van der Waals surface area contributed by atoms with Crippen molar-refractivity contribution in [3.8, 4) is 22.8 Å². The maximum atomic E-state index is 4.78. The molecule has 0 spiro atoms. The Bertz CT molecular complexity index is 855. The number of aromatic nitrogens is 3. The van der Waals surface area contributed by atoms with E-state index in [9.17, 15) is 0 Å². The molecule has 132 valence electrons. The first-order valence-corrected chi connectivity index (χ1v) is 9.13. The molecule has 1 atom stereocenters. The fourth-order valence-corrected chi connectivity index (χ4v) is 3.18. The lowest BCUT2D eigenvalue weighted by Gasteiger charge is -2.24. The van der Waals surface area contributed by atoms with Gasteiger partial charge in [0.2, 0.25) is 0 Å². The van der Waals surface area contributed by atoms with Crippen molar-refractivity contribution in [1.29, 1.82) is 0 Å². The topological polar surface area (TPSA) is 62.7 Å². The largest absolute Gasteiger partial charge is 0.366 e. The van der Waals surface area contributed by atoms with Gasteiger partial charge in [0.05, 0.1) is 11.4 Å². The number of benzene rings is 1. The van der Waals surface area contributed by atoms with Crippen molar-refractivity contribution in [1.82, 2.24) is 20.3 Å². The van der Waals surface area contributed by atoms with E-state index in [4.69, 9.17) is 9.97 Å². The lowest BCUT2D eigenvalue weighted by atomic mass is 10.1. The Kier molecular flexibility index (Phi) is 4.88. The zero-order valence-electron chi connectivity index (χ0n) is 14.9. The van der Waals surface area contributed by atoms with Crippen LogP contribution in [-0.4, -0.2) is 34.1 Å². The molecular weight excluding hydrogens is 322 g/mol. The van der Waals surface area contributed by atoms with Gasteiger partial charge in [0.25, 0.3) is 0 Å². The predicted octanol–water partition coefficient (Wildman–Crippen LogP) is 3.68. The van der Waals surface area contributed by atoms with Gasteiger partial charge in [0.1, 0.15) is 5.82 Å². The van der Waals surface area contributed by atoms with E-state index in [1.165, 1.54) is 12.0 Å². The van der Waals surface area contributed by atoms with Gasteiger partial charge in [-0.15, -0.1) is 0 Å². The van der Waals surface area contributed by atoms with Crippen molar-refractivity contribution in [3.63, 3.8) is 0 Å². The normalized spacial score (nSPS) is 17.0. The first-order valence-electron chi connectivity index (χ1n) is 9.13. The molecule has 0 amide bonds. The molecule has 0 radical (unpaired) electrons. The van der Waals surface area contributed by atoms with E-state index < -0.39 is 0 Å². The second kappa shape index (κ2) is 7.62. The smallest absolute Gasteiger partial charge is 0.162 e. The van der Waals surface area contributed by atoms with Gasteiger partial charge in [-0.05, 0) is 38.4 Å². The summed E-state index contributed by atoms with van der Waals surface area (Å²) in [5.74, 6) is 1.57. The Morgan fingerprint density at radius 3 is 2.65 bits per heavy atom. The predicted molar refractivity (Wildman–Crippen MR) is 105 cm³/mol. The molecule has 0 bridgehead atoms. The second-order valence-electron chi connectivity index (χ2n) is 6.73. The zero-order chi connectivity index (χ0) is 17.8. The molecule has 0 saturated carbocycles. The number of piperidine rings is 1. The fraction of sp³-hybridized carbons (Fsp3) is 0.286. The molecule has 1 aromatic carbocycles. The molecule has 1 aliphatic heterocycles. The Morgan fingerprint density at radius 1 is 1.04 bits per heavy atom. The van der Waals surface area contributed by atoms with Crippen LogP contribution < -0.4 is 10.6 Å². The minimum atomic E-state index is 0.390. The number of hydrogen-bond acceptors (Lipinski definition) is 5. The van der Waals surface area contributed by atoms with Crippen LogP contribution >= 0.6 is 0 Å². The van der Waals surface area contributed by atoms with E-state index in [1.807, 2.05) is 24.3 Å². The molecule has 3 heterocycles. The number of nitrogens with zero attached hydrogens (tertiary/aromatic N) is 3. The van der Waals surface area contributed by atoms with Crippen molar-refractivity contribution in [3.05, 3.63) is 60.3 Å². The average Bonchev–Trinajstić information content (AvgIpc) is 2.70. The van der Waals surface area contributed by atoms with Crippen molar-refractivity contribution in [2.75, 3.05) is 18.4 Å². The third-order valence-corrected chi connectivity index (χ3v) is 4.61. The summed E-state index contributed by atoms with van der Waals surface area (Å²) >= 11 is 0. The van der Waals surface area contributed by atoms with Crippen LogP contribution in [-0.2, 0) is 0 Å². The molecule has 26 heavy (non-hydrogen) atoms. The second-order valence-corrected chi connectivity index (χ2v) is 6.73. The van der Waals surface area contributed by atoms with Gasteiger partial charge in [0.15, 0.2) is 5.82 Å². The molecule has 5 nitrogen and oxygen atoms in total. The average molecular weight is 345 g/mol. The summed E-state index contributed by atoms with van der Waals surface area (Å²) in [5, 5.41) is 7.01. The summed E-state index contributed by atoms with van der Waals surface area (Å²) in [4.78, 5) is 14.0. The van der Waals surface area contributed by atoms with Crippen LogP contribution in [0.4, 0.5) is 5.82 Å². The maximum absolute atomic E-state index is 4.78. The minimum absolute atomic E-state index is 0.390. The van der Waals surface area contributed by atoms with E-state index in [0.717, 1.165) is 48.1 Å². The summed E-state index contributed by atoms with van der Waals surface area (Å²) < 4.78 is 0. The number of rotatable bonds is 4. The van der Waals surface area contributed by atoms with E-state index in [1.54, 1.807) is 6.20 Å². The highest BCUT2D eigenvalue weighted by atomic mass is 15.1. The van der Waals surface area contributed by atoms with Crippen LogP contribution in [0, 0.1) is 6.92 Å². The third-order valence-electron chi connectivity index (χ3n) is 4.61. The van der Waals surface area contributed by atoms with Crippen molar-refractivity contribution in [2.24, 2.45) is 0 Å². The molecule has 2 N–H and O–H groups in total. The number of anilines is 1. The number of pyridine rings is 1. The Balaban J connectivity index is 1.72. The summed E-state index contributed by atoms with van der Waals surface area (Å²) in [6, 6.07) is 16.6. The Morgan fingerprint density at radius 2 is 1.92 bits per heavy atom. The highest BCUT2D eigenvalue weighted by Crippen LogP contribution is 2.24. The van der Waals surface area contributed by atoms with E-state index in [0.29, 0.717) is 6.04 Å². The van der Waals surface area contributed by atoms with Crippen molar-refractivity contribution in [2.45, 2.75) is 25.8 Å². The fourth-order valence-electron chi connectivity index (χ4n) is 3.18.